The van der Waals surface area contributed by atoms with Crippen LogP contribution in [0.2, 0.25) is 0 Å². The Hall–Kier alpha value is -2.29. The van der Waals surface area contributed by atoms with Crippen molar-refractivity contribution in [2.45, 2.75) is 33.1 Å². The lowest BCUT2D eigenvalue weighted by Crippen LogP contribution is -2.13. The first-order valence-corrected chi connectivity index (χ1v) is 6.91. The Kier molecular flexibility index (Phi) is 4.03. The Morgan fingerprint density at radius 3 is 2.33 bits per heavy atom. The number of carboxylic acid groups (broad SMARTS) is 1. The largest absolute Gasteiger partial charge is 0.511 e. The van der Waals surface area contributed by atoms with Crippen molar-refractivity contribution in [1.82, 2.24) is 0 Å². The number of hydrogen-bond acceptors (Lipinski definition) is 2. The molecule has 0 spiro atoms. The lowest BCUT2D eigenvalue weighted by Gasteiger charge is -2.24. The lowest BCUT2D eigenvalue weighted by atomic mass is 9.81. The second-order valence-corrected chi connectivity index (χ2v) is 6.11. The number of carbonyl (C=O) groups is 1. The zero-order chi connectivity index (χ0) is 15.6. The highest BCUT2D eigenvalue weighted by molar-refractivity contribution is 5.79. The average Bonchev–Trinajstić information content (AvgIpc) is 2.37. The number of hydrogen-bond donors (Lipinski definition) is 1. The van der Waals surface area contributed by atoms with Gasteiger partial charge in [-0.3, -0.25) is 0 Å². The summed E-state index contributed by atoms with van der Waals surface area (Å²) in [6, 6.07) is 13.5. The van der Waals surface area contributed by atoms with Gasteiger partial charge in [-0.25, -0.2) is 4.79 Å². The summed E-state index contributed by atoms with van der Waals surface area (Å²) in [6.45, 7) is 8.38. The van der Waals surface area contributed by atoms with E-state index in [1.54, 1.807) is 12.1 Å². The second-order valence-electron chi connectivity index (χ2n) is 6.11. The summed E-state index contributed by atoms with van der Waals surface area (Å²) in [4.78, 5) is 10.9. The van der Waals surface area contributed by atoms with E-state index in [0.717, 1.165) is 22.3 Å². The molecule has 3 heteroatoms. The highest BCUT2D eigenvalue weighted by Gasteiger charge is 2.21. The highest BCUT2D eigenvalue weighted by atomic mass is 16.7. The van der Waals surface area contributed by atoms with Gasteiger partial charge >= 0.3 is 6.16 Å². The van der Waals surface area contributed by atoms with E-state index in [2.05, 4.69) is 26.8 Å². The van der Waals surface area contributed by atoms with E-state index in [1.807, 2.05) is 31.2 Å². The zero-order valence-electron chi connectivity index (χ0n) is 12.8. The highest BCUT2D eigenvalue weighted by Crippen LogP contribution is 2.39. The van der Waals surface area contributed by atoms with E-state index in [1.165, 1.54) is 0 Å². The fourth-order valence-electron chi connectivity index (χ4n) is 2.52. The lowest BCUT2D eigenvalue weighted by molar-refractivity contribution is 0.144. The van der Waals surface area contributed by atoms with Crippen molar-refractivity contribution >= 4 is 6.16 Å². The van der Waals surface area contributed by atoms with Gasteiger partial charge in [0.25, 0.3) is 0 Å². The third-order valence-corrected chi connectivity index (χ3v) is 3.44. The predicted octanol–water partition coefficient (Wildman–Crippen LogP) is 5.02. The Morgan fingerprint density at radius 1 is 1.05 bits per heavy atom. The molecule has 0 atom stereocenters. The van der Waals surface area contributed by atoms with Gasteiger partial charge in [0, 0.05) is 5.56 Å². The van der Waals surface area contributed by atoms with E-state index in [-0.39, 0.29) is 5.41 Å². The van der Waals surface area contributed by atoms with E-state index in [0.29, 0.717) is 5.75 Å². The van der Waals surface area contributed by atoms with Crippen LogP contribution in [0.5, 0.6) is 5.75 Å². The molecule has 21 heavy (non-hydrogen) atoms. The minimum absolute atomic E-state index is 0.0423. The molecule has 0 aliphatic heterocycles. The van der Waals surface area contributed by atoms with Crippen molar-refractivity contribution in [2.24, 2.45) is 0 Å². The molecule has 0 bridgehead atoms. The molecule has 0 saturated heterocycles. The summed E-state index contributed by atoms with van der Waals surface area (Å²) in [7, 11) is 0. The summed E-state index contributed by atoms with van der Waals surface area (Å²) in [5.41, 5.74) is 3.96. The van der Waals surface area contributed by atoms with Crippen molar-refractivity contribution in [3.63, 3.8) is 0 Å². The quantitative estimate of drug-likeness (QED) is 0.622. The molecule has 0 amide bonds. The van der Waals surface area contributed by atoms with Crippen molar-refractivity contribution in [3.8, 4) is 16.9 Å². The van der Waals surface area contributed by atoms with E-state index in [4.69, 9.17) is 9.84 Å². The van der Waals surface area contributed by atoms with Crippen LogP contribution in [0, 0.1) is 6.92 Å². The molecular formula is C18H20O3. The monoisotopic (exact) mass is 284 g/mol. The van der Waals surface area contributed by atoms with Crippen LogP contribution < -0.4 is 4.74 Å². The van der Waals surface area contributed by atoms with Gasteiger partial charge in [-0.2, -0.15) is 0 Å². The summed E-state index contributed by atoms with van der Waals surface area (Å²) in [5.74, 6) is 0.374. The normalized spacial score (nSPS) is 11.2. The van der Waals surface area contributed by atoms with Crippen LogP contribution in [0.4, 0.5) is 4.79 Å². The number of benzene rings is 2. The first-order valence-electron chi connectivity index (χ1n) is 6.91. The molecule has 1 N–H and O–H groups in total. The van der Waals surface area contributed by atoms with Crippen LogP contribution in [-0.2, 0) is 5.41 Å². The van der Waals surface area contributed by atoms with Crippen molar-refractivity contribution in [1.29, 1.82) is 0 Å². The van der Waals surface area contributed by atoms with Crippen LogP contribution in [0.15, 0.2) is 42.5 Å². The molecular weight excluding hydrogens is 264 g/mol. The first kappa shape index (κ1) is 15.1. The third kappa shape index (κ3) is 3.24. The number of aryl methyl sites for hydroxylation is 1. The predicted molar refractivity (Wildman–Crippen MR) is 84.0 cm³/mol. The molecule has 0 aromatic heterocycles. The molecule has 0 radical (unpaired) electrons. The number of ether oxygens (including phenoxy) is 1. The van der Waals surface area contributed by atoms with Gasteiger partial charge in [-0.1, -0.05) is 57.2 Å². The van der Waals surface area contributed by atoms with Crippen molar-refractivity contribution < 1.29 is 14.6 Å². The fourth-order valence-corrected chi connectivity index (χ4v) is 2.52. The Bertz CT molecular complexity index is 666. The minimum Gasteiger partial charge on any atom is -0.449 e. The molecule has 110 valence electrons. The fraction of sp³-hybridized carbons (Fsp3) is 0.278. The van der Waals surface area contributed by atoms with Gasteiger partial charge < -0.3 is 9.84 Å². The standard InChI is InChI=1S/C18H20O3/c1-12-8-7-11-15(21-17(19)20)16(12)13-9-5-6-10-14(13)18(2,3)4/h5-11H,1-4H3,(H,19,20). The summed E-state index contributed by atoms with van der Waals surface area (Å²) < 4.78 is 4.96. The van der Waals surface area contributed by atoms with Crippen molar-refractivity contribution in [2.75, 3.05) is 0 Å². The molecule has 0 unspecified atom stereocenters. The van der Waals surface area contributed by atoms with Gasteiger partial charge in [-0.15, -0.1) is 0 Å². The third-order valence-electron chi connectivity index (χ3n) is 3.44. The van der Waals surface area contributed by atoms with Gasteiger partial charge in [-0.05, 0) is 35.1 Å². The van der Waals surface area contributed by atoms with Crippen LogP contribution >= 0.6 is 0 Å². The summed E-state index contributed by atoms with van der Waals surface area (Å²) in [5, 5.41) is 8.94. The minimum atomic E-state index is -1.30. The molecule has 2 aromatic carbocycles. The first-order chi connectivity index (χ1) is 9.80. The van der Waals surface area contributed by atoms with Crippen molar-refractivity contribution in [3.05, 3.63) is 53.6 Å². The maximum Gasteiger partial charge on any atom is 0.511 e. The van der Waals surface area contributed by atoms with E-state index in [9.17, 15) is 4.79 Å². The molecule has 0 aliphatic carbocycles. The smallest absolute Gasteiger partial charge is 0.449 e. The van der Waals surface area contributed by atoms with Crippen LogP contribution in [0.3, 0.4) is 0 Å². The topological polar surface area (TPSA) is 46.5 Å². The maximum atomic E-state index is 10.9. The van der Waals surface area contributed by atoms with E-state index < -0.39 is 6.16 Å². The second kappa shape index (κ2) is 5.60. The average molecular weight is 284 g/mol. The molecule has 0 heterocycles. The molecule has 2 rings (SSSR count). The number of rotatable bonds is 2. The van der Waals surface area contributed by atoms with Gasteiger partial charge in [0.15, 0.2) is 0 Å². The molecule has 2 aromatic rings. The van der Waals surface area contributed by atoms with Gasteiger partial charge in [0.1, 0.15) is 5.75 Å². The molecule has 0 saturated carbocycles. The Labute approximate surface area is 125 Å². The Balaban J connectivity index is 2.70. The van der Waals surface area contributed by atoms with Crippen LogP contribution in [0.25, 0.3) is 11.1 Å². The summed E-state index contributed by atoms with van der Waals surface area (Å²) >= 11 is 0. The SMILES string of the molecule is Cc1cccc(OC(=O)O)c1-c1ccccc1C(C)(C)C. The van der Waals surface area contributed by atoms with Crippen LogP contribution in [0.1, 0.15) is 31.9 Å². The molecule has 0 fully saturated rings. The van der Waals surface area contributed by atoms with E-state index >= 15 is 0 Å². The molecule has 0 aliphatic rings. The maximum absolute atomic E-state index is 10.9. The van der Waals surface area contributed by atoms with Gasteiger partial charge in [0.2, 0.25) is 0 Å². The van der Waals surface area contributed by atoms with Crippen LogP contribution in [-0.4, -0.2) is 11.3 Å². The Morgan fingerprint density at radius 2 is 1.71 bits per heavy atom. The zero-order valence-corrected chi connectivity index (χ0v) is 12.8. The molecule has 3 nitrogen and oxygen atoms in total. The summed E-state index contributed by atoms with van der Waals surface area (Å²) in [6.07, 6.45) is -1.30. The van der Waals surface area contributed by atoms with Gasteiger partial charge in [0.05, 0.1) is 0 Å².